The number of rotatable bonds is 2. The zero-order chi connectivity index (χ0) is 7.52. The molecule has 0 N–H and O–H groups in total. The van der Waals surface area contributed by atoms with Crippen LogP contribution in [0.15, 0.2) is 36.4 Å². The fraction of sp³-hybridized carbons (Fsp3) is 0.273. The zero-order valence-electron chi connectivity index (χ0n) is 6.53. The maximum atomic E-state index is 2.31. The molecule has 0 radical (unpaired) electrons. The molecule has 1 aliphatic rings. The van der Waals surface area contributed by atoms with E-state index in [9.17, 15) is 0 Å². The molecule has 1 aliphatic carbocycles. The molecule has 0 unspecified atom stereocenters. The number of hydrogen-bond acceptors (Lipinski definition) is 0. The highest BCUT2D eigenvalue weighted by molar-refractivity contribution is 5.49. The van der Waals surface area contributed by atoms with Crippen molar-refractivity contribution in [1.29, 1.82) is 0 Å². The molecule has 0 bridgehead atoms. The molecule has 11 heavy (non-hydrogen) atoms. The van der Waals surface area contributed by atoms with Gasteiger partial charge in [-0.1, -0.05) is 42.5 Å². The van der Waals surface area contributed by atoms with Crippen molar-refractivity contribution in [1.82, 2.24) is 0 Å². The van der Waals surface area contributed by atoms with Gasteiger partial charge in [-0.15, -0.1) is 0 Å². The van der Waals surface area contributed by atoms with Gasteiger partial charge < -0.3 is 0 Å². The van der Waals surface area contributed by atoms with Crippen molar-refractivity contribution in [3.05, 3.63) is 42.0 Å². The molecule has 0 atom stereocenters. The maximum Gasteiger partial charge on any atom is -0.0230 e. The minimum absolute atomic E-state index is 0.884. The first-order chi connectivity index (χ1) is 5.45. The molecular weight excluding hydrogens is 132 g/mol. The first-order valence-electron chi connectivity index (χ1n) is 4.18. The molecule has 1 saturated carbocycles. The molecule has 1 fully saturated rings. The van der Waals surface area contributed by atoms with Crippen LogP contribution in [0.1, 0.15) is 18.4 Å². The van der Waals surface area contributed by atoms with Crippen molar-refractivity contribution >= 4 is 6.08 Å². The van der Waals surface area contributed by atoms with Gasteiger partial charge in [0.15, 0.2) is 0 Å². The van der Waals surface area contributed by atoms with Crippen molar-refractivity contribution in [2.24, 2.45) is 5.92 Å². The first kappa shape index (κ1) is 6.66. The van der Waals surface area contributed by atoms with Crippen molar-refractivity contribution in [3.63, 3.8) is 0 Å². The summed E-state index contributed by atoms with van der Waals surface area (Å²) in [6.07, 6.45) is 7.32. The Kier molecular flexibility index (Phi) is 1.76. The Balaban J connectivity index is 2.05. The summed E-state index contributed by atoms with van der Waals surface area (Å²) < 4.78 is 0. The van der Waals surface area contributed by atoms with E-state index in [2.05, 4.69) is 42.5 Å². The quantitative estimate of drug-likeness (QED) is 0.598. The van der Waals surface area contributed by atoms with E-state index in [-0.39, 0.29) is 0 Å². The third-order valence-corrected chi connectivity index (χ3v) is 1.98. The molecule has 0 spiro atoms. The van der Waals surface area contributed by atoms with Crippen LogP contribution in [0.2, 0.25) is 0 Å². The summed E-state index contributed by atoms with van der Waals surface area (Å²) in [5, 5.41) is 0. The highest BCUT2D eigenvalue weighted by Crippen LogP contribution is 2.30. The highest BCUT2D eigenvalue weighted by atomic mass is 14.2. The van der Waals surface area contributed by atoms with Gasteiger partial charge in [0.2, 0.25) is 0 Å². The predicted molar refractivity (Wildman–Crippen MR) is 48.2 cm³/mol. The number of allylic oxidation sites excluding steroid dienone is 1. The predicted octanol–water partition coefficient (Wildman–Crippen LogP) is 3.11. The van der Waals surface area contributed by atoms with Gasteiger partial charge in [0, 0.05) is 0 Å². The van der Waals surface area contributed by atoms with Crippen LogP contribution in [0, 0.1) is 5.92 Å². The molecule has 0 amide bonds. The average Bonchev–Trinajstić information content (AvgIpc) is 2.86. The Hall–Kier alpha value is -1.04. The molecule has 0 aliphatic heterocycles. The van der Waals surface area contributed by atoms with E-state index in [0.29, 0.717) is 0 Å². The van der Waals surface area contributed by atoms with E-state index in [1.807, 2.05) is 0 Å². The first-order valence-corrected chi connectivity index (χ1v) is 4.18. The maximum absolute atomic E-state index is 2.31. The summed E-state index contributed by atoms with van der Waals surface area (Å²) in [7, 11) is 0. The molecule has 0 nitrogen and oxygen atoms in total. The fourth-order valence-corrected chi connectivity index (χ4v) is 1.10. The van der Waals surface area contributed by atoms with Gasteiger partial charge in [0.1, 0.15) is 0 Å². The molecule has 0 aromatic heterocycles. The molecule has 0 saturated heterocycles. The lowest BCUT2D eigenvalue weighted by atomic mass is 10.2. The van der Waals surface area contributed by atoms with Crippen molar-refractivity contribution in [2.75, 3.05) is 0 Å². The van der Waals surface area contributed by atoms with E-state index >= 15 is 0 Å². The molecule has 2 rings (SSSR count). The molecule has 1 aromatic carbocycles. The third-order valence-electron chi connectivity index (χ3n) is 1.98. The minimum atomic E-state index is 0.884. The topological polar surface area (TPSA) is 0 Å². The van der Waals surface area contributed by atoms with Gasteiger partial charge in [-0.05, 0) is 24.3 Å². The number of hydrogen-bond donors (Lipinski definition) is 0. The van der Waals surface area contributed by atoms with Crippen LogP contribution in [-0.4, -0.2) is 0 Å². The van der Waals surface area contributed by atoms with E-state index < -0.39 is 0 Å². The second-order valence-corrected chi connectivity index (χ2v) is 3.11. The van der Waals surface area contributed by atoms with Crippen LogP contribution in [0.4, 0.5) is 0 Å². The molecule has 0 heteroatoms. The Morgan fingerprint density at radius 3 is 2.45 bits per heavy atom. The van der Waals surface area contributed by atoms with Crippen LogP contribution in [0.5, 0.6) is 0 Å². The molecule has 56 valence electrons. The Morgan fingerprint density at radius 2 is 1.82 bits per heavy atom. The van der Waals surface area contributed by atoms with Gasteiger partial charge in [0.25, 0.3) is 0 Å². The summed E-state index contributed by atoms with van der Waals surface area (Å²) >= 11 is 0. The Bertz CT molecular complexity index is 242. The second kappa shape index (κ2) is 2.91. The van der Waals surface area contributed by atoms with Gasteiger partial charge >= 0.3 is 0 Å². The molecule has 0 heterocycles. The van der Waals surface area contributed by atoms with Crippen LogP contribution in [0.25, 0.3) is 6.08 Å². The lowest BCUT2D eigenvalue weighted by Gasteiger charge is -1.89. The van der Waals surface area contributed by atoms with Crippen LogP contribution in [-0.2, 0) is 0 Å². The summed E-state index contributed by atoms with van der Waals surface area (Å²) in [5.41, 5.74) is 1.32. The van der Waals surface area contributed by atoms with Crippen molar-refractivity contribution in [2.45, 2.75) is 12.8 Å². The summed E-state index contributed by atoms with van der Waals surface area (Å²) in [5.74, 6) is 0.884. The van der Waals surface area contributed by atoms with Crippen LogP contribution >= 0.6 is 0 Å². The zero-order valence-corrected chi connectivity index (χ0v) is 6.53. The van der Waals surface area contributed by atoms with Gasteiger partial charge in [-0.25, -0.2) is 0 Å². The average molecular weight is 144 g/mol. The van der Waals surface area contributed by atoms with Crippen molar-refractivity contribution in [3.8, 4) is 0 Å². The second-order valence-electron chi connectivity index (χ2n) is 3.11. The highest BCUT2D eigenvalue weighted by Gasteiger charge is 2.16. The van der Waals surface area contributed by atoms with Crippen molar-refractivity contribution < 1.29 is 0 Å². The lowest BCUT2D eigenvalue weighted by Crippen LogP contribution is -1.68. The van der Waals surface area contributed by atoms with Gasteiger partial charge in [0.05, 0.1) is 0 Å². The van der Waals surface area contributed by atoms with E-state index in [4.69, 9.17) is 0 Å². The third kappa shape index (κ3) is 1.94. The lowest BCUT2D eigenvalue weighted by molar-refractivity contribution is 1.13. The minimum Gasteiger partial charge on any atom is -0.0808 e. The monoisotopic (exact) mass is 144 g/mol. The standard InChI is InChI=1S/C11H12/c1-2-4-10(5-3-1)6-7-11-8-9-11/h1-7,11H,8-9H2/b7-6-. The fourth-order valence-electron chi connectivity index (χ4n) is 1.10. The summed E-state index contributed by atoms with van der Waals surface area (Å²) in [6.45, 7) is 0. The molecule has 1 aromatic rings. The van der Waals surface area contributed by atoms with Gasteiger partial charge in [-0.2, -0.15) is 0 Å². The van der Waals surface area contributed by atoms with Gasteiger partial charge in [-0.3, -0.25) is 0 Å². The largest absolute Gasteiger partial charge is 0.0808 e. The smallest absolute Gasteiger partial charge is 0.0230 e. The van der Waals surface area contributed by atoms with Crippen LogP contribution in [0.3, 0.4) is 0 Å². The van der Waals surface area contributed by atoms with Crippen LogP contribution < -0.4 is 0 Å². The summed E-state index contributed by atoms with van der Waals surface area (Å²) in [6, 6.07) is 10.5. The van der Waals surface area contributed by atoms with E-state index in [1.165, 1.54) is 18.4 Å². The molecular formula is C11H12. The van der Waals surface area contributed by atoms with E-state index in [1.54, 1.807) is 0 Å². The Morgan fingerprint density at radius 1 is 1.09 bits per heavy atom. The summed E-state index contributed by atoms with van der Waals surface area (Å²) in [4.78, 5) is 0. The van der Waals surface area contributed by atoms with E-state index in [0.717, 1.165) is 5.92 Å². The number of benzene rings is 1. The SMILES string of the molecule is C(=C/C1CC1)/c1ccccc1. The Labute approximate surface area is 67.6 Å². The normalized spacial score (nSPS) is 17.5.